The standard InChI is InChI=1S/C21H20F4N2O2/c22-19-9-13(2-4-18(19)21(23,24)25)16-11-26-12-17-14(1-3-15(16)17)10-20(28)27-5-7-29-8-6-27/h2,4,9,11-12,14H,1,3,5-8,10H2. The Balaban J connectivity index is 1.58. The number of pyridine rings is 1. The molecule has 1 fully saturated rings. The number of nitrogens with zero attached hydrogens (tertiary/aromatic N) is 2. The maximum Gasteiger partial charge on any atom is 0.419 e. The van der Waals surface area contributed by atoms with Crippen molar-refractivity contribution in [2.75, 3.05) is 26.3 Å². The zero-order chi connectivity index (χ0) is 20.6. The number of benzene rings is 1. The molecule has 1 atom stereocenters. The topological polar surface area (TPSA) is 42.4 Å². The second-order valence-corrected chi connectivity index (χ2v) is 7.38. The number of halogens is 4. The van der Waals surface area contributed by atoms with E-state index in [4.69, 9.17) is 4.74 Å². The van der Waals surface area contributed by atoms with Crippen LogP contribution in [0.15, 0.2) is 30.6 Å². The third-order valence-corrected chi connectivity index (χ3v) is 5.64. The van der Waals surface area contributed by atoms with E-state index in [1.54, 1.807) is 17.3 Å². The van der Waals surface area contributed by atoms with Gasteiger partial charge in [0.2, 0.25) is 5.91 Å². The number of carbonyl (C=O) groups is 1. The summed E-state index contributed by atoms with van der Waals surface area (Å²) in [5.41, 5.74) is 1.55. The third-order valence-electron chi connectivity index (χ3n) is 5.64. The Morgan fingerprint density at radius 2 is 1.97 bits per heavy atom. The van der Waals surface area contributed by atoms with Crippen molar-refractivity contribution in [3.63, 3.8) is 0 Å². The zero-order valence-electron chi connectivity index (χ0n) is 15.6. The first-order chi connectivity index (χ1) is 13.8. The van der Waals surface area contributed by atoms with Gasteiger partial charge in [-0.2, -0.15) is 13.2 Å². The van der Waals surface area contributed by atoms with Gasteiger partial charge >= 0.3 is 6.18 Å². The minimum absolute atomic E-state index is 0.00656. The highest BCUT2D eigenvalue weighted by molar-refractivity contribution is 5.78. The van der Waals surface area contributed by atoms with E-state index < -0.39 is 17.6 Å². The lowest BCUT2D eigenvalue weighted by atomic mass is 9.95. The summed E-state index contributed by atoms with van der Waals surface area (Å²) < 4.78 is 57.8. The summed E-state index contributed by atoms with van der Waals surface area (Å²) in [6.45, 7) is 2.25. The van der Waals surface area contributed by atoms with Crippen molar-refractivity contribution < 1.29 is 27.1 Å². The number of alkyl halides is 3. The van der Waals surface area contributed by atoms with Crippen LogP contribution in [0, 0.1) is 5.82 Å². The van der Waals surface area contributed by atoms with Gasteiger partial charge in [-0.05, 0) is 47.6 Å². The molecule has 1 aromatic carbocycles. The number of ether oxygens (including phenoxy) is 1. The lowest BCUT2D eigenvalue weighted by Crippen LogP contribution is -2.41. The minimum Gasteiger partial charge on any atom is -0.378 e. The SMILES string of the molecule is O=C(CC1CCc2c(-c3ccc(C(F)(F)F)c(F)c3)cncc21)N1CCOCC1. The second kappa shape index (κ2) is 7.74. The summed E-state index contributed by atoms with van der Waals surface area (Å²) in [5, 5.41) is 0. The molecule has 1 aliphatic carbocycles. The van der Waals surface area contributed by atoms with Crippen LogP contribution in [0.25, 0.3) is 11.1 Å². The van der Waals surface area contributed by atoms with Gasteiger partial charge < -0.3 is 9.64 Å². The summed E-state index contributed by atoms with van der Waals surface area (Å²) in [4.78, 5) is 18.6. The summed E-state index contributed by atoms with van der Waals surface area (Å²) >= 11 is 0. The molecule has 1 saturated heterocycles. The Hall–Kier alpha value is -2.48. The van der Waals surface area contributed by atoms with E-state index in [2.05, 4.69) is 4.98 Å². The fourth-order valence-corrected chi connectivity index (χ4v) is 4.13. The van der Waals surface area contributed by atoms with Crippen LogP contribution in [0.3, 0.4) is 0 Å². The van der Waals surface area contributed by atoms with Crippen LogP contribution in [0.2, 0.25) is 0 Å². The van der Waals surface area contributed by atoms with Gasteiger partial charge in [0.25, 0.3) is 0 Å². The summed E-state index contributed by atoms with van der Waals surface area (Å²) in [6, 6.07) is 2.94. The van der Waals surface area contributed by atoms with Crippen molar-refractivity contribution in [1.82, 2.24) is 9.88 Å². The molecule has 0 saturated carbocycles. The number of hydrogen-bond donors (Lipinski definition) is 0. The van der Waals surface area contributed by atoms with Crippen LogP contribution in [0.1, 0.15) is 35.4 Å². The fourth-order valence-electron chi connectivity index (χ4n) is 4.13. The van der Waals surface area contributed by atoms with Crippen LogP contribution in [0.5, 0.6) is 0 Å². The van der Waals surface area contributed by atoms with E-state index in [9.17, 15) is 22.4 Å². The third kappa shape index (κ3) is 3.99. The van der Waals surface area contributed by atoms with E-state index in [0.717, 1.165) is 29.7 Å². The molecule has 0 spiro atoms. The molecule has 29 heavy (non-hydrogen) atoms. The van der Waals surface area contributed by atoms with Crippen molar-refractivity contribution in [3.8, 4) is 11.1 Å². The molecule has 2 heterocycles. The van der Waals surface area contributed by atoms with Gasteiger partial charge in [0, 0.05) is 37.5 Å². The van der Waals surface area contributed by atoms with Gasteiger partial charge in [-0.25, -0.2) is 4.39 Å². The van der Waals surface area contributed by atoms with Crippen LogP contribution in [-0.2, 0) is 22.1 Å². The van der Waals surface area contributed by atoms with Crippen molar-refractivity contribution in [3.05, 3.63) is 53.1 Å². The predicted octanol–water partition coefficient (Wildman–Crippen LogP) is 4.19. The number of amides is 1. The molecule has 0 bridgehead atoms. The Morgan fingerprint density at radius 1 is 1.21 bits per heavy atom. The average Bonchev–Trinajstić information content (AvgIpc) is 3.10. The number of fused-ring (bicyclic) bond motifs is 1. The molecular formula is C21H20F4N2O2. The quantitative estimate of drug-likeness (QED) is 0.716. The van der Waals surface area contributed by atoms with Crippen LogP contribution < -0.4 is 0 Å². The number of morpholine rings is 1. The lowest BCUT2D eigenvalue weighted by Gasteiger charge is -2.28. The van der Waals surface area contributed by atoms with Gasteiger partial charge in [-0.1, -0.05) is 6.07 Å². The maximum atomic E-state index is 14.0. The van der Waals surface area contributed by atoms with Crippen molar-refractivity contribution in [1.29, 1.82) is 0 Å². The largest absolute Gasteiger partial charge is 0.419 e. The molecule has 154 valence electrons. The van der Waals surface area contributed by atoms with Gasteiger partial charge in [0.15, 0.2) is 0 Å². The van der Waals surface area contributed by atoms with Crippen LogP contribution in [-0.4, -0.2) is 42.1 Å². The van der Waals surface area contributed by atoms with E-state index in [0.29, 0.717) is 50.3 Å². The molecule has 2 aromatic rings. The van der Waals surface area contributed by atoms with E-state index in [1.807, 2.05) is 0 Å². The summed E-state index contributed by atoms with van der Waals surface area (Å²) in [7, 11) is 0. The molecule has 1 aliphatic heterocycles. The van der Waals surface area contributed by atoms with E-state index >= 15 is 0 Å². The fraction of sp³-hybridized carbons (Fsp3) is 0.429. The smallest absolute Gasteiger partial charge is 0.378 e. The first-order valence-corrected chi connectivity index (χ1v) is 9.54. The normalized spacial score (nSPS) is 19.3. The molecule has 2 aliphatic rings. The Labute approximate surface area is 165 Å². The van der Waals surface area contributed by atoms with Gasteiger partial charge in [0.05, 0.1) is 18.8 Å². The second-order valence-electron chi connectivity index (χ2n) is 7.38. The molecule has 1 aromatic heterocycles. The minimum atomic E-state index is -4.73. The number of hydrogen-bond acceptors (Lipinski definition) is 3. The number of carbonyl (C=O) groups excluding carboxylic acids is 1. The summed E-state index contributed by atoms with van der Waals surface area (Å²) in [5.74, 6) is -1.23. The number of aromatic nitrogens is 1. The summed E-state index contributed by atoms with van der Waals surface area (Å²) in [6.07, 6.45) is 0.324. The molecule has 0 N–H and O–H groups in total. The Kier molecular flexibility index (Phi) is 5.29. The average molecular weight is 408 g/mol. The zero-order valence-corrected chi connectivity index (χ0v) is 15.6. The molecule has 8 heteroatoms. The highest BCUT2D eigenvalue weighted by Crippen LogP contribution is 2.41. The van der Waals surface area contributed by atoms with Crippen molar-refractivity contribution in [2.24, 2.45) is 0 Å². The maximum absolute atomic E-state index is 14.0. The Morgan fingerprint density at radius 3 is 2.66 bits per heavy atom. The monoisotopic (exact) mass is 408 g/mol. The molecule has 1 amide bonds. The number of rotatable bonds is 3. The van der Waals surface area contributed by atoms with Crippen LogP contribution in [0.4, 0.5) is 17.6 Å². The van der Waals surface area contributed by atoms with Gasteiger partial charge in [0.1, 0.15) is 5.82 Å². The molecular weight excluding hydrogens is 388 g/mol. The molecule has 4 rings (SSSR count). The highest BCUT2D eigenvalue weighted by atomic mass is 19.4. The van der Waals surface area contributed by atoms with Crippen LogP contribution >= 0.6 is 0 Å². The molecule has 4 nitrogen and oxygen atoms in total. The van der Waals surface area contributed by atoms with Crippen molar-refractivity contribution >= 4 is 5.91 Å². The van der Waals surface area contributed by atoms with Gasteiger partial charge in [-0.15, -0.1) is 0 Å². The van der Waals surface area contributed by atoms with Crippen molar-refractivity contribution in [2.45, 2.75) is 31.4 Å². The Bertz CT molecular complexity index is 923. The highest BCUT2D eigenvalue weighted by Gasteiger charge is 2.34. The first kappa shape index (κ1) is 19.8. The molecule has 0 radical (unpaired) electrons. The lowest BCUT2D eigenvalue weighted by molar-refractivity contribution is -0.140. The first-order valence-electron chi connectivity index (χ1n) is 9.54. The van der Waals surface area contributed by atoms with E-state index in [-0.39, 0.29) is 11.8 Å². The van der Waals surface area contributed by atoms with E-state index in [1.165, 1.54) is 6.07 Å². The molecule has 1 unspecified atom stereocenters. The van der Waals surface area contributed by atoms with Gasteiger partial charge in [-0.3, -0.25) is 9.78 Å². The predicted molar refractivity (Wildman–Crippen MR) is 97.7 cm³/mol.